The van der Waals surface area contributed by atoms with E-state index in [1.807, 2.05) is 22.8 Å². The van der Waals surface area contributed by atoms with Crippen molar-refractivity contribution in [2.45, 2.75) is 38.1 Å². The number of rotatable bonds is 2. The molecule has 0 bridgehead atoms. The van der Waals surface area contributed by atoms with E-state index < -0.39 is 5.54 Å². The second-order valence-electron chi connectivity index (χ2n) is 5.67. The topological polar surface area (TPSA) is 64.2 Å². The lowest BCUT2D eigenvalue weighted by atomic mass is 9.92. The van der Waals surface area contributed by atoms with Crippen LogP contribution >= 0.6 is 0 Å². The lowest BCUT2D eigenvalue weighted by Gasteiger charge is -2.35. The molecule has 100 valence electrons. The maximum absolute atomic E-state index is 12.1. The summed E-state index contributed by atoms with van der Waals surface area (Å²) in [5.74, 6) is 0.549. The van der Waals surface area contributed by atoms with Gasteiger partial charge in [0.1, 0.15) is 0 Å². The van der Waals surface area contributed by atoms with Gasteiger partial charge in [0.15, 0.2) is 0 Å². The Morgan fingerprint density at radius 2 is 2.06 bits per heavy atom. The van der Waals surface area contributed by atoms with E-state index in [1.165, 1.54) is 5.69 Å². The van der Waals surface area contributed by atoms with E-state index >= 15 is 0 Å². The first-order valence-electron chi connectivity index (χ1n) is 6.46. The molecule has 1 saturated heterocycles. The van der Waals surface area contributed by atoms with Gasteiger partial charge < -0.3 is 10.6 Å². The van der Waals surface area contributed by atoms with Crippen molar-refractivity contribution in [1.82, 2.24) is 14.7 Å². The van der Waals surface area contributed by atoms with Crippen LogP contribution in [0.5, 0.6) is 0 Å². The highest BCUT2D eigenvalue weighted by atomic mass is 16.2. The highest BCUT2D eigenvalue weighted by Gasteiger charge is 2.31. The van der Waals surface area contributed by atoms with Crippen LogP contribution in [0, 0.1) is 0 Å². The second-order valence-corrected chi connectivity index (χ2v) is 5.67. The Hall–Kier alpha value is -1.36. The molecule has 1 aromatic rings. The Kier molecular flexibility index (Phi) is 3.43. The molecule has 0 radical (unpaired) electrons. The van der Waals surface area contributed by atoms with Gasteiger partial charge in [0, 0.05) is 37.9 Å². The van der Waals surface area contributed by atoms with Crippen LogP contribution < -0.4 is 5.73 Å². The molecule has 18 heavy (non-hydrogen) atoms. The molecular formula is C13H22N4O. The van der Waals surface area contributed by atoms with Crippen LogP contribution in [0.4, 0.5) is 0 Å². The maximum atomic E-state index is 12.1. The minimum Gasteiger partial charge on any atom is -0.341 e. The highest BCUT2D eigenvalue weighted by Crippen LogP contribution is 2.28. The fourth-order valence-corrected chi connectivity index (χ4v) is 2.57. The summed E-state index contributed by atoms with van der Waals surface area (Å²) in [6.45, 7) is 5.11. The highest BCUT2D eigenvalue weighted by molar-refractivity contribution is 5.85. The summed E-state index contributed by atoms with van der Waals surface area (Å²) < 4.78 is 1.93. The Bertz CT molecular complexity index is 424. The Balaban J connectivity index is 1.97. The van der Waals surface area contributed by atoms with Gasteiger partial charge in [0.2, 0.25) is 5.91 Å². The Morgan fingerprint density at radius 1 is 1.44 bits per heavy atom. The fourth-order valence-electron chi connectivity index (χ4n) is 2.57. The van der Waals surface area contributed by atoms with Crippen LogP contribution in [-0.4, -0.2) is 39.2 Å². The number of likely N-dealkylation sites (tertiary alicyclic amines) is 1. The minimum absolute atomic E-state index is 0.0472. The lowest BCUT2D eigenvalue weighted by Crippen LogP contribution is -2.53. The maximum Gasteiger partial charge on any atom is 0.242 e. The average Bonchev–Trinajstić information content (AvgIpc) is 2.73. The predicted octanol–water partition coefficient (Wildman–Crippen LogP) is 0.863. The van der Waals surface area contributed by atoms with Crippen molar-refractivity contribution >= 4 is 5.91 Å². The van der Waals surface area contributed by atoms with Crippen LogP contribution in [-0.2, 0) is 11.8 Å². The number of hydrogen-bond donors (Lipinski definition) is 1. The van der Waals surface area contributed by atoms with Gasteiger partial charge in [-0.3, -0.25) is 9.48 Å². The molecule has 0 saturated carbocycles. The summed E-state index contributed by atoms with van der Waals surface area (Å²) in [6, 6.07) is 2.06. The smallest absolute Gasteiger partial charge is 0.242 e. The Labute approximate surface area is 108 Å². The summed E-state index contributed by atoms with van der Waals surface area (Å²) >= 11 is 0. The van der Waals surface area contributed by atoms with E-state index in [0.29, 0.717) is 5.92 Å². The third-order valence-corrected chi connectivity index (χ3v) is 3.61. The van der Waals surface area contributed by atoms with Crippen molar-refractivity contribution < 1.29 is 4.79 Å². The van der Waals surface area contributed by atoms with Crippen molar-refractivity contribution in [2.24, 2.45) is 12.8 Å². The van der Waals surface area contributed by atoms with Crippen LogP contribution in [0.15, 0.2) is 12.3 Å². The summed E-state index contributed by atoms with van der Waals surface area (Å²) in [6.07, 6.45) is 3.80. The van der Waals surface area contributed by atoms with Crippen LogP contribution in [0.3, 0.4) is 0 Å². The van der Waals surface area contributed by atoms with Gasteiger partial charge in [-0.2, -0.15) is 5.10 Å². The van der Waals surface area contributed by atoms with Crippen molar-refractivity contribution in [3.8, 4) is 0 Å². The number of amides is 1. The molecular weight excluding hydrogens is 228 g/mol. The van der Waals surface area contributed by atoms with Gasteiger partial charge in [0.25, 0.3) is 0 Å². The zero-order chi connectivity index (χ0) is 13.3. The Morgan fingerprint density at radius 3 is 2.50 bits per heavy atom. The van der Waals surface area contributed by atoms with Gasteiger partial charge in [-0.25, -0.2) is 0 Å². The van der Waals surface area contributed by atoms with Crippen LogP contribution in [0.2, 0.25) is 0 Å². The van der Waals surface area contributed by atoms with Gasteiger partial charge in [0.05, 0.1) is 5.54 Å². The number of aryl methyl sites for hydroxylation is 1. The van der Waals surface area contributed by atoms with E-state index in [1.54, 1.807) is 13.8 Å². The lowest BCUT2D eigenvalue weighted by molar-refractivity contribution is -0.136. The van der Waals surface area contributed by atoms with Crippen molar-refractivity contribution in [2.75, 3.05) is 13.1 Å². The van der Waals surface area contributed by atoms with Crippen LogP contribution in [0.1, 0.15) is 38.3 Å². The second kappa shape index (κ2) is 4.72. The van der Waals surface area contributed by atoms with E-state index in [4.69, 9.17) is 5.73 Å². The molecule has 5 nitrogen and oxygen atoms in total. The number of hydrogen-bond acceptors (Lipinski definition) is 3. The zero-order valence-corrected chi connectivity index (χ0v) is 11.4. The fraction of sp³-hybridized carbons (Fsp3) is 0.692. The van der Waals surface area contributed by atoms with Crippen molar-refractivity contribution in [1.29, 1.82) is 0 Å². The van der Waals surface area contributed by atoms with E-state index in [-0.39, 0.29) is 5.91 Å². The van der Waals surface area contributed by atoms with E-state index in [9.17, 15) is 4.79 Å². The molecule has 2 rings (SSSR count). The summed E-state index contributed by atoms with van der Waals surface area (Å²) in [5.41, 5.74) is 6.35. The molecule has 0 spiro atoms. The number of piperidine rings is 1. The van der Waals surface area contributed by atoms with Gasteiger partial charge >= 0.3 is 0 Å². The molecule has 1 fully saturated rings. The normalized spacial score (nSPS) is 18.1. The number of aromatic nitrogens is 2. The monoisotopic (exact) mass is 250 g/mol. The summed E-state index contributed by atoms with van der Waals surface area (Å²) in [7, 11) is 1.97. The van der Waals surface area contributed by atoms with E-state index in [2.05, 4.69) is 11.2 Å². The molecule has 5 heteroatoms. The first kappa shape index (κ1) is 13.1. The molecule has 0 aromatic carbocycles. The quantitative estimate of drug-likeness (QED) is 0.847. The molecule has 2 N–H and O–H groups in total. The number of nitrogens with zero attached hydrogens (tertiary/aromatic N) is 3. The molecule has 0 unspecified atom stereocenters. The standard InChI is InChI=1S/C13H22N4O/c1-13(2,14)12(18)17-8-5-10(6-9-17)11-4-7-15-16(11)3/h4,7,10H,5-6,8-9,14H2,1-3H3. The molecule has 2 heterocycles. The summed E-state index contributed by atoms with van der Waals surface area (Å²) in [4.78, 5) is 13.9. The largest absolute Gasteiger partial charge is 0.341 e. The molecule has 0 atom stereocenters. The van der Waals surface area contributed by atoms with Gasteiger partial charge in [-0.1, -0.05) is 0 Å². The first-order valence-corrected chi connectivity index (χ1v) is 6.46. The zero-order valence-electron chi connectivity index (χ0n) is 11.4. The molecule has 1 aliphatic heterocycles. The SMILES string of the molecule is Cn1nccc1C1CCN(C(=O)C(C)(C)N)CC1. The van der Waals surface area contributed by atoms with Crippen molar-refractivity contribution in [3.05, 3.63) is 18.0 Å². The van der Waals surface area contributed by atoms with Gasteiger partial charge in [-0.05, 0) is 32.8 Å². The first-order chi connectivity index (χ1) is 8.39. The summed E-state index contributed by atoms with van der Waals surface area (Å²) in [5, 5.41) is 4.20. The number of nitrogens with two attached hydrogens (primary N) is 1. The third-order valence-electron chi connectivity index (χ3n) is 3.61. The molecule has 1 amide bonds. The predicted molar refractivity (Wildman–Crippen MR) is 70.0 cm³/mol. The van der Waals surface area contributed by atoms with Crippen molar-refractivity contribution in [3.63, 3.8) is 0 Å². The van der Waals surface area contributed by atoms with E-state index in [0.717, 1.165) is 25.9 Å². The molecule has 0 aliphatic carbocycles. The number of carbonyl (C=O) groups excluding carboxylic acids is 1. The average molecular weight is 250 g/mol. The third kappa shape index (κ3) is 2.56. The van der Waals surface area contributed by atoms with Gasteiger partial charge in [-0.15, -0.1) is 0 Å². The number of carbonyl (C=O) groups is 1. The van der Waals surface area contributed by atoms with Crippen LogP contribution in [0.25, 0.3) is 0 Å². The minimum atomic E-state index is -0.765. The molecule has 1 aliphatic rings. The molecule has 1 aromatic heterocycles.